The van der Waals surface area contributed by atoms with Crippen molar-refractivity contribution >= 4 is 16.9 Å². The summed E-state index contributed by atoms with van der Waals surface area (Å²) in [6.45, 7) is 1.82. The predicted octanol–water partition coefficient (Wildman–Crippen LogP) is 3.43. The minimum Gasteiger partial charge on any atom is -0.467 e. The van der Waals surface area contributed by atoms with Crippen LogP contribution in [0.3, 0.4) is 0 Å². The molecule has 1 aliphatic rings. The molecule has 0 radical (unpaired) electrons. The first kappa shape index (κ1) is 22.1. The van der Waals surface area contributed by atoms with E-state index in [2.05, 4.69) is 30.2 Å². The summed E-state index contributed by atoms with van der Waals surface area (Å²) in [7, 11) is 0. The molecule has 36 heavy (non-hydrogen) atoms. The van der Waals surface area contributed by atoms with Crippen LogP contribution in [0.15, 0.2) is 59.6 Å². The van der Waals surface area contributed by atoms with Gasteiger partial charge in [-0.3, -0.25) is 9.78 Å². The highest BCUT2D eigenvalue weighted by Crippen LogP contribution is 2.25. The lowest BCUT2D eigenvalue weighted by Gasteiger charge is -2.10. The number of furan rings is 1. The van der Waals surface area contributed by atoms with Crippen LogP contribution in [0.5, 0.6) is 0 Å². The van der Waals surface area contributed by atoms with Crippen LogP contribution in [0.25, 0.3) is 22.3 Å². The van der Waals surface area contributed by atoms with Gasteiger partial charge in [-0.1, -0.05) is 6.42 Å². The van der Waals surface area contributed by atoms with Gasteiger partial charge in [0.15, 0.2) is 5.65 Å². The summed E-state index contributed by atoms with van der Waals surface area (Å²) in [5.41, 5.74) is 2.61. The third-order valence-electron chi connectivity index (χ3n) is 6.52. The fourth-order valence-electron chi connectivity index (χ4n) is 4.68. The van der Waals surface area contributed by atoms with Gasteiger partial charge >= 0.3 is 0 Å². The maximum absolute atomic E-state index is 13.4. The smallest absolute Gasteiger partial charge is 0.252 e. The number of pyridine rings is 2. The van der Waals surface area contributed by atoms with Crippen LogP contribution < -0.4 is 5.32 Å². The molecule has 10 heteroatoms. The molecule has 0 atom stereocenters. The summed E-state index contributed by atoms with van der Waals surface area (Å²) < 4.78 is 9.45. The number of fused-ring (bicyclic) bond motifs is 2. The zero-order valence-electron chi connectivity index (χ0n) is 19.8. The van der Waals surface area contributed by atoms with Gasteiger partial charge < -0.3 is 14.3 Å². The van der Waals surface area contributed by atoms with Crippen molar-refractivity contribution in [2.45, 2.75) is 45.2 Å². The summed E-state index contributed by atoms with van der Waals surface area (Å²) in [4.78, 5) is 22.4. The average Bonchev–Trinajstić information content (AvgIpc) is 3.62. The zero-order valence-corrected chi connectivity index (χ0v) is 19.8. The first-order chi connectivity index (χ1) is 17.8. The summed E-state index contributed by atoms with van der Waals surface area (Å²) in [5, 5.41) is 17.0. The summed E-state index contributed by atoms with van der Waals surface area (Å²) in [6, 6.07) is 9.30. The van der Waals surface area contributed by atoms with Gasteiger partial charge in [0.25, 0.3) is 5.91 Å². The normalized spacial score (nSPS) is 13.4. The van der Waals surface area contributed by atoms with Crippen LogP contribution in [0.4, 0.5) is 0 Å². The van der Waals surface area contributed by atoms with Crippen LogP contribution >= 0.6 is 0 Å². The average molecular weight is 483 g/mol. The molecule has 5 aromatic heterocycles. The van der Waals surface area contributed by atoms with Crippen molar-refractivity contribution < 1.29 is 9.21 Å². The minimum atomic E-state index is -0.180. The highest BCUT2D eigenvalue weighted by atomic mass is 16.3. The van der Waals surface area contributed by atoms with E-state index < -0.39 is 0 Å². The number of hydrogen-bond donors (Lipinski definition) is 1. The largest absolute Gasteiger partial charge is 0.467 e. The molecule has 1 aliphatic heterocycles. The van der Waals surface area contributed by atoms with Crippen LogP contribution in [0.1, 0.15) is 47.0 Å². The Balaban J connectivity index is 1.28. The molecule has 0 saturated heterocycles. The van der Waals surface area contributed by atoms with Crippen molar-refractivity contribution in [3.63, 3.8) is 0 Å². The lowest BCUT2D eigenvalue weighted by Crippen LogP contribution is -2.27. The molecule has 1 amide bonds. The number of hydrogen-bond acceptors (Lipinski definition) is 7. The molecule has 6 heterocycles. The molecule has 0 aliphatic carbocycles. The lowest BCUT2D eigenvalue weighted by molar-refractivity contribution is 0.0955. The molecule has 1 N–H and O–H groups in total. The van der Waals surface area contributed by atoms with Crippen LogP contribution in [-0.2, 0) is 25.9 Å². The fourth-order valence-corrected chi connectivity index (χ4v) is 4.68. The second kappa shape index (κ2) is 9.73. The van der Waals surface area contributed by atoms with Crippen molar-refractivity contribution in [1.29, 1.82) is 0 Å². The zero-order chi connectivity index (χ0) is 24.3. The highest BCUT2D eigenvalue weighted by Gasteiger charge is 2.19. The molecule has 182 valence electrons. The third-order valence-corrected chi connectivity index (χ3v) is 6.52. The molecule has 0 bridgehead atoms. The number of nitrogens with one attached hydrogen (secondary N) is 1. The number of carbonyl (C=O) groups is 1. The van der Waals surface area contributed by atoms with Gasteiger partial charge in [-0.05, 0) is 43.2 Å². The Labute approximate surface area is 207 Å². The van der Waals surface area contributed by atoms with E-state index in [4.69, 9.17) is 9.40 Å². The Hall–Kier alpha value is -4.34. The number of aromatic nitrogens is 7. The van der Waals surface area contributed by atoms with Crippen LogP contribution in [-0.4, -0.2) is 47.0 Å². The molecule has 0 fully saturated rings. The van der Waals surface area contributed by atoms with E-state index in [9.17, 15) is 4.79 Å². The summed E-state index contributed by atoms with van der Waals surface area (Å²) in [6.07, 6.45) is 11.9. The molecule has 6 rings (SSSR count). The first-order valence-corrected chi connectivity index (χ1v) is 12.2. The second-order valence-electron chi connectivity index (χ2n) is 8.92. The Bertz CT molecular complexity index is 1490. The summed E-state index contributed by atoms with van der Waals surface area (Å²) in [5.74, 6) is 2.55. The fraction of sp³-hybridized carbons (Fsp3) is 0.308. The number of rotatable bonds is 7. The maximum Gasteiger partial charge on any atom is 0.252 e. The van der Waals surface area contributed by atoms with Gasteiger partial charge in [0.2, 0.25) is 0 Å². The van der Waals surface area contributed by atoms with Crippen molar-refractivity contribution in [2.75, 3.05) is 6.54 Å². The second-order valence-corrected chi connectivity index (χ2v) is 8.92. The Kier molecular flexibility index (Phi) is 5.98. The van der Waals surface area contributed by atoms with Gasteiger partial charge in [-0.2, -0.15) is 5.10 Å². The molecular weight excluding hydrogens is 456 g/mol. The molecule has 0 unspecified atom stereocenters. The van der Waals surface area contributed by atoms with Crippen LogP contribution in [0, 0.1) is 0 Å². The van der Waals surface area contributed by atoms with Crippen LogP contribution in [0.2, 0.25) is 0 Å². The van der Waals surface area contributed by atoms with Gasteiger partial charge in [-0.25, -0.2) is 9.67 Å². The van der Waals surface area contributed by atoms with E-state index >= 15 is 0 Å². The summed E-state index contributed by atoms with van der Waals surface area (Å²) >= 11 is 0. The molecular formula is C26H26N8O2. The van der Waals surface area contributed by atoms with E-state index in [1.165, 1.54) is 6.42 Å². The third kappa shape index (κ3) is 4.37. The topological polar surface area (TPSA) is 117 Å². The van der Waals surface area contributed by atoms with Gasteiger partial charge in [0.1, 0.15) is 24.0 Å². The van der Waals surface area contributed by atoms with Gasteiger partial charge in [-0.15, -0.1) is 10.2 Å². The van der Waals surface area contributed by atoms with Crippen molar-refractivity contribution in [3.8, 4) is 11.3 Å². The molecule has 0 spiro atoms. The Morgan fingerprint density at radius 3 is 2.94 bits per heavy atom. The number of aryl methyl sites for hydroxylation is 1. The quantitative estimate of drug-likeness (QED) is 0.378. The van der Waals surface area contributed by atoms with E-state index in [0.717, 1.165) is 48.8 Å². The van der Waals surface area contributed by atoms with Gasteiger partial charge in [0.05, 0.1) is 29.1 Å². The lowest BCUT2D eigenvalue weighted by atomic mass is 10.1. The molecule has 5 aromatic rings. The van der Waals surface area contributed by atoms with E-state index in [1.807, 2.05) is 24.3 Å². The van der Waals surface area contributed by atoms with Crippen molar-refractivity contribution in [2.24, 2.45) is 0 Å². The van der Waals surface area contributed by atoms with E-state index in [-0.39, 0.29) is 5.91 Å². The predicted molar refractivity (Wildman–Crippen MR) is 132 cm³/mol. The van der Waals surface area contributed by atoms with E-state index in [1.54, 1.807) is 35.6 Å². The Morgan fingerprint density at radius 1 is 1.11 bits per heavy atom. The maximum atomic E-state index is 13.4. The number of nitrogens with zero attached hydrogens (tertiary/aromatic N) is 7. The van der Waals surface area contributed by atoms with Crippen molar-refractivity contribution in [1.82, 2.24) is 39.8 Å². The van der Waals surface area contributed by atoms with E-state index in [0.29, 0.717) is 41.8 Å². The van der Waals surface area contributed by atoms with Crippen molar-refractivity contribution in [3.05, 3.63) is 78.2 Å². The first-order valence-electron chi connectivity index (χ1n) is 12.2. The highest BCUT2D eigenvalue weighted by molar-refractivity contribution is 6.06. The van der Waals surface area contributed by atoms with Gasteiger partial charge in [0, 0.05) is 43.9 Å². The molecule has 0 saturated carbocycles. The monoisotopic (exact) mass is 482 g/mol. The Morgan fingerprint density at radius 2 is 2.08 bits per heavy atom. The molecule has 0 aromatic carbocycles. The number of carbonyl (C=O) groups excluding carboxylic acids is 1. The minimum absolute atomic E-state index is 0.180. The molecule has 10 nitrogen and oxygen atoms in total. The standard InChI is InChI=1S/C26H26N8O2/c35-26(28-11-9-24-32-31-23-8-2-1-3-12-33(23)24)20-14-22(18-6-4-10-27-15-18)30-25-21(20)16-29-34(25)17-19-7-5-13-36-19/h4-7,10,13-16H,1-3,8-9,11-12,17H2,(H,28,35). The SMILES string of the molecule is O=C(NCCc1nnc2n1CCCCC2)c1cc(-c2cccnc2)nc2c1cnn2Cc1ccco1. The number of amides is 1.